The predicted molar refractivity (Wildman–Crippen MR) is 99.4 cm³/mol. The fourth-order valence-corrected chi connectivity index (χ4v) is 4.24. The summed E-state index contributed by atoms with van der Waals surface area (Å²) < 4.78 is 5.06. The van der Waals surface area contributed by atoms with Gasteiger partial charge in [0.15, 0.2) is 0 Å². The lowest BCUT2D eigenvalue weighted by molar-refractivity contribution is -0.153. The van der Waals surface area contributed by atoms with Crippen molar-refractivity contribution in [3.63, 3.8) is 0 Å². The van der Waals surface area contributed by atoms with E-state index in [1.807, 2.05) is 42.5 Å². The largest absolute Gasteiger partial charge is 0.467 e. The van der Waals surface area contributed by atoms with Crippen LogP contribution in [0.3, 0.4) is 0 Å². The van der Waals surface area contributed by atoms with Crippen molar-refractivity contribution in [1.82, 2.24) is 4.90 Å². The average molecular weight is 350 g/mol. The van der Waals surface area contributed by atoms with Crippen LogP contribution in [0.2, 0.25) is 0 Å². The molecule has 5 nitrogen and oxygen atoms in total. The fraction of sp³-hybridized carbons (Fsp3) is 0.333. The van der Waals surface area contributed by atoms with Crippen LogP contribution < -0.4 is 5.73 Å². The molecule has 1 amide bonds. The zero-order valence-electron chi connectivity index (χ0n) is 14.8. The zero-order chi connectivity index (χ0) is 18.3. The highest BCUT2D eigenvalue weighted by atomic mass is 16.5. The number of rotatable bonds is 3. The van der Waals surface area contributed by atoms with Crippen LogP contribution in [-0.4, -0.2) is 29.4 Å². The van der Waals surface area contributed by atoms with Crippen molar-refractivity contribution in [1.29, 1.82) is 0 Å². The van der Waals surface area contributed by atoms with Crippen LogP contribution in [0.15, 0.2) is 42.5 Å². The summed E-state index contributed by atoms with van der Waals surface area (Å²) in [6.45, 7) is 0.464. The van der Waals surface area contributed by atoms with E-state index in [-0.39, 0.29) is 11.9 Å². The van der Waals surface area contributed by atoms with Gasteiger partial charge in [0.05, 0.1) is 7.11 Å². The van der Waals surface area contributed by atoms with Crippen molar-refractivity contribution in [3.8, 4) is 11.1 Å². The van der Waals surface area contributed by atoms with E-state index in [0.29, 0.717) is 30.6 Å². The predicted octanol–water partition coefficient (Wildman–Crippen LogP) is 3.38. The Hall–Kier alpha value is -2.82. The lowest BCUT2D eigenvalue weighted by Crippen LogP contribution is -2.53. The lowest BCUT2D eigenvalue weighted by Gasteiger charge is -2.35. The minimum absolute atomic E-state index is 0.0791. The smallest absolute Gasteiger partial charge is 0.331 e. The monoisotopic (exact) mass is 350 g/mol. The Labute approximate surface area is 152 Å². The molecule has 1 aliphatic carbocycles. The maximum atomic E-state index is 13.1. The maximum absolute atomic E-state index is 13.1. The van der Waals surface area contributed by atoms with E-state index in [0.717, 1.165) is 29.5 Å². The van der Waals surface area contributed by atoms with Crippen LogP contribution in [0.5, 0.6) is 0 Å². The second kappa shape index (κ2) is 6.16. The Kier molecular flexibility index (Phi) is 3.94. The van der Waals surface area contributed by atoms with Gasteiger partial charge >= 0.3 is 5.97 Å². The number of esters is 1. The third-order valence-electron chi connectivity index (χ3n) is 5.67. The molecule has 0 unspecified atom stereocenters. The highest BCUT2D eigenvalue weighted by Gasteiger charge is 2.51. The second-order valence-corrected chi connectivity index (χ2v) is 7.12. The van der Waals surface area contributed by atoms with Crippen molar-refractivity contribution in [2.24, 2.45) is 0 Å². The lowest BCUT2D eigenvalue weighted by atomic mass is 9.95. The van der Waals surface area contributed by atoms with E-state index >= 15 is 0 Å². The first-order valence-electron chi connectivity index (χ1n) is 8.94. The van der Waals surface area contributed by atoms with E-state index < -0.39 is 5.54 Å². The first-order chi connectivity index (χ1) is 12.5. The van der Waals surface area contributed by atoms with Gasteiger partial charge < -0.3 is 15.4 Å². The van der Waals surface area contributed by atoms with Crippen LogP contribution in [0, 0.1) is 0 Å². The molecule has 0 radical (unpaired) electrons. The van der Waals surface area contributed by atoms with Crippen LogP contribution in [0.4, 0.5) is 5.69 Å². The molecule has 0 aromatic heterocycles. The molecule has 2 aliphatic rings. The van der Waals surface area contributed by atoms with Crippen LogP contribution in [0.25, 0.3) is 11.1 Å². The molecule has 134 valence electrons. The van der Waals surface area contributed by atoms with Crippen LogP contribution >= 0.6 is 0 Å². The molecule has 0 bridgehead atoms. The number of amides is 1. The zero-order valence-corrected chi connectivity index (χ0v) is 14.8. The molecule has 0 spiro atoms. The van der Waals surface area contributed by atoms with Gasteiger partial charge in [0.1, 0.15) is 5.54 Å². The number of nitrogens with zero attached hydrogens (tertiary/aromatic N) is 1. The van der Waals surface area contributed by atoms with Gasteiger partial charge in [-0.3, -0.25) is 4.79 Å². The van der Waals surface area contributed by atoms with Crippen molar-refractivity contribution < 1.29 is 14.3 Å². The Morgan fingerprint density at radius 1 is 1.08 bits per heavy atom. The minimum atomic E-state index is -0.813. The van der Waals surface area contributed by atoms with Crippen LogP contribution in [0.1, 0.15) is 41.6 Å². The normalized spacial score (nSPS) is 18.0. The van der Waals surface area contributed by atoms with E-state index in [1.54, 1.807) is 4.90 Å². The first kappa shape index (κ1) is 16.6. The summed E-state index contributed by atoms with van der Waals surface area (Å²) in [4.78, 5) is 27.4. The number of carbonyl (C=O) groups is 2. The van der Waals surface area contributed by atoms with Gasteiger partial charge in [0, 0.05) is 17.8 Å². The summed E-state index contributed by atoms with van der Waals surface area (Å²) in [5.41, 5.74) is 9.27. The maximum Gasteiger partial charge on any atom is 0.331 e. The molecule has 1 aliphatic heterocycles. The van der Waals surface area contributed by atoms with Crippen molar-refractivity contribution in [3.05, 3.63) is 53.6 Å². The molecule has 2 aromatic carbocycles. The number of nitrogen functional groups attached to an aromatic ring is 1. The molecule has 1 fully saturated rings. The van der Waals surface area contributed by atoms with Gasteiger partial charge in [-0.2, -0.15) is 0 Å². The summed E-state index contributed by atoms with van der Waals surface area (Å²) in [7, 11) is 1.40. The molecule has 4 rings (SSSR count). The van der Waals surface area contributed by atoms with E-state index in [2.05, 4.69) is 0 Å². The molecule has 26 heavy (non-hydrogen) atoms. The fourth-order valence-electron chi connectivity index (χ4n) is 4.24. The third kappa shape index (κ3) is 2.46. The number of anilines is 1. The van der Waals surface area contributed by atoms with Crippen LogP contribution in [-0.2, 0) is 16.1 Å². The molecule has 5 heteroatoms. The number of hydrogen-bond donors (Lipinski definition) is 1. The van der Waals surface area contributed by atoms with E-state index in [9.17, 15) is 9.59 Å². The van der Waals surface area contributed by atoms with Gasteiger partial charge in [0.25, 0.3) is 5.91 Å². The Morgan fingerprint density at radius 3 is 2.38 bits per heavy atom. The first-order valence-corrected chi connectivity index (χ1v) is 8.94. The molecule has 1 saturated carbocycles. The van der Waals surface area contributed by atoms with Crippen molar-refractivity contribution in [2.45, 2.75) is 37.8 Å². The highest BCUT2D eigenvalue weighted by Crippen LogP contribution is 2.41. The molecule has 0 saturated heterocycles. The number of fused-ring (bicyclic) bond motifs is 1. The molecule has 2 aromatic rings. The van der Waals surface area contributed by atoms with Gasteiger partial charge in [0.2, 0.25) is 0 Å². The second-order valence-electron chi connectivity index (χ2n) is 7.12. The number of benzene rings is 2. The summed E-state index contributed by atoms with van der Waals surface area (Å²) in [6.07, 6.45) is 3.21. The molecule has 2 N–H and O–H groups in total. The van der Waals surface area contributed by atoms with Gasteiger partial charge in [-0.05, 0) is 47.7 Å². The van der Waals surface area contributed by atoms with Gasteiger partial charge in [-0.15, -0.1) is 0 Å². The van der Waals surface area contributed by atoms with Gasteiger partial charge in [-0.1, -0.05) is 37.1 Å². The topological polar surface area (TPSA) is 72.6 Å². The SMILES string of the molecule is COC(=O)C1(N2Cc3ccc(-c4ccc(N)cc4)cc3C2=O)CCCC1. The standard InChI is InChI=1S/C21H22N2O3/c1-26-20(25)21(10-2-3-11-21)23-13-16-5-4-15(12-18(16)19(23)24)14-6-8-17(22)9-7-14/h4-9,12H,2-3,10-11,13,22H2,1H3. The number of carbonyl (C=O) groups excluding carboxylic acids is 2. The third-order valence-corrected chi connectivity index (χ3v) is 5.67. The molecule has 0 atom stereocenters. The number of ether oxygens (including phenoxy) is 1. The highest BCUT2D eigenvalue weighted by molar-refractivity contribution is 6.02. The summed E-state index contributed by atoms with van der Waals surface area (Å²) >= 11 is 0. The molecular weight excluding hydrogens is 328 g/mol. The number of nitrogens with two attached hydrogens (primary N) is 1. The summed E-state index contributed by atoms with van der Waals surface area (Å²) in [6, 6.07) is 13.5. The van der Waals surface area contributed by atoms with Crippen molar-refractivity contribution >= 4 is 17.6 Å². The minimum Gasteiger partial charge on any atom is -0.467 e. The summed E-state index contributed by atoms with van der Waals surface area (Å²) in [5.74, 6) is -0.375. The molecule has 1 heterocycles. The quantitative estimate of drug-likeness (QED) is 0.680. The van der Waals surface area contributed by atoms with Crippen molar-refractivity contribution in [2.75, 3.05) is 12.8 Å². The number of hydrogen-bond acceptors (Lipinski definition) is 4. The summed E-state index contributed by atoms with van der Waals surface area (Å²) in [5, 5.41) is 0. The van der Waals surface area contributed by atoms with Gasteiger partial charge in [-0.25, -0.2) is 4.79 Å². The van der Waals surface area contributed by atoms with E-state index in [1.165, 1.54) is 7.11 Å². The Morgan fingerprint density at radius 2 is 1.73 bits per heavy atom. The Bertz CT molecular complexity index is 867. The average Bonchev–Trinajstić information content (AvgIpc) is 3.27. The molecular formula is C21H22N2O3. The Balaban J connectivity index is 1.70. The van der Waals surface area contributed by atoms with E-state index in [4.69, 9.17) is 10.5 Å². The number of methoxy groups -OCH3 is 1.